The maximum atomic E-state index is 12.2. The molecule has 0 atom stereocenters. The lowest BCUT2D eigenvalue weighted by Crippen LogP contribution is -2.34. The Bertz CT molecular complexity index is 628. The molecule has 1 aliphatic rings. The van der Waals surface area contributed by atoms with Gasteiger partial charge in [-0.2, -0.15) is 0 Å². The van der Waals surface area contributed by atoms with Crippen molar-refractivity contribution in [2.45, 2.75) is 19.9 Å². The standard InChI is InChI=1S/C15H17NO5S/c1-8(2)16-14(18)12(22-15(16)19)7-9-5-10(20-3)13(17)11(6-9)21-4/h5-8,17H,1-4H3/b12-7-. The number of phenolic OH excluding ortho intramolecular Hbond substituents is 1. The van der Waals surface area contributed by atoms with E-state index in [-0.39, 0.29) is 34.4 Å². The first-order valence-corrected chi connectivity index (χ1v) is 7.42. The van der Waals surface area contributed by atoms with Gasteiger partial charge in [-0.15, -0.1) is 0 Å². The Labute approximate surface area is 132 Å². The Balaban J connectivity index is 2.42. The van der Waals surface area contributed by atoms with Crippen molar-refractivity contribution in [1.82, 2.24) is 4.90 Å². The van der Waals surface area contributed by atoms with E-state index in [1.807, 2.05) is 0 Å². The third kappa shape index (κ3) is 2.89. The molecule has 0 aromatic heterocycles. The second-order valence-electron chi connectivity index (χ2n) is 4.92. The van der Waals surface area contributed by atoms with E-state index < -0.39 is 0 Å². The van der Waals surface area contributed by atoms with Crippen LogP contribution in [0.25, 0.3) is 6.08 Å². The van der Waals surface area contributed by atoms with E-state index in [2.05, 4.69) is 0 Å². The Hall–Kier alpha value is -2.15. The molecule has 1 fully saturated rings. The van der Waals surface area contributed by atoms with Crippen molar-refractivity contribution in [2.75, 3.05) is 14.2 Å². The van der Waals surface area contributed by atoms with E-state index in [0.717, 1.165) is 11.8 Å². The summed E-state index contributed by atoms with van der Waals surface area (Å²) in [6.45, 7) is 3.57. The maximum absolute atomic E-state index is 12.2. The highest BCUT2D eigenvalue weighted by Crippen LogP contribution is 2.39. The summed E-state index contributed by atoms with van der Waals surface area (Å²) in [5.41, 5.74) is 0.598. The number of hydrogen-bond donors (Lipinski definition) is 1. The zero-order chi connectivity index (χ0) is 16.4. The van der Waals surface area contributed by atoms with Gasteiger partial charge in [0.1, 0.15) is 0 Å². The molecule has 118 valence electrons. The minimum absolute atomic E-state index is 0.113. The summed E-state index contributed by atoms with van der Waals surface area (Å²) in [6.07, 6.45) is 1.58. The lowest BCUT2D eigenvalue weighted by molar-refractivity contribution is -0.123. The van der Waals surface area contributed by atoms with E-state index in [0.29, 0.717) is 10.5 Å². The number of hydrogen-bond acceptors (Lipinski definition) is 6. The zero-order valence-corrected chi connectivity index (χ0v) is 13.6. The second kappa shape index (κ2) is 6.31. The number of phenols is 1. The molecule has 2 amide bonds. The van der Waals surface area contributed by atoms with Gasteiger partial charge in [-0.1, -0.05) is 0 Å². The molecule has 1 heterocycles. The summed E-state index contributed by atoms with van der Waals surface area (Å²) in [4.78, 5) is 25.6. The van der Waals surface area contributed by atoms with Crippen LogP contribution < -0.4 is 9.47 Å². The molecule has 2 rings (SSSR count). The van der Waals surface area contributed by atoms with Crippen LogP contribution in [0.1, 0.15) is 19.4 Å². The van der Waals surface area contributed by atoms with Crippen molar-refractivity contribution in [3.63, 3.8) is 0 Å². The first-order valence-electron chi connectivity index (χ1n) is 6.61. The Morgan fingerprint density at radius 3 is 2.14 bits per heavy atom. The number of nitrogens with zero attached hydrogens (tertiary/aromatic N) is 1. The highest BCUT2D eigenvalue weighted by Gasteiger charge is 2.36. The van der Waals surface area contributed by atoms with Crippen LogP contribution in [0.5, 0.6) is 17.2 Å². The van der Waals surface area contributed by atoms with Crippen molar-refractivity contribution >= 4 is 29.0 Å². The minimum Gasteiger partial charge on any atom is -0.502 e. The molecule has 1 aromatic carbocycles. The van der Waals surface area contributed by atoms with Crippen molar-refractivity contribution < 1.29 is 24.2 Å². The lowest BCUT2D eigenvalue weighted by Gasteiger charge is -2.16. The van der Waals surface area contributed by atoms with Gasteiger partial charge >= 0.3 is 0 Å². The van der Waals surface area contributed by atoms with Gasteiger partial charge in [-0.05, 0) is 49.4 Å². The third-order valence-electron chi connectivity index (χ3n) is 3.14. The zero-order valence-electron chi connectivity index (χ0n) is 12.7. The summed E-state index contributed by atoms with van der Waals surface area (Å²) >= 11 is 0.890. The van der Waals surface area contributed by atoms with Crippen LogP contribution in [0.15, 0.2) is 17.0 Å². The minimum atomic E-state index is -0.323. The fourth-order valence-electron chi connectivity index (χ4n) is 2.07. The highest BCUT2D eigenvalue weighted by atomic mass is 32.2. The van der Waals surface area contributed by atoms with Gasteiger partial charge in [0.25, 0.3) is 11.1 Å². The molecular formula is C15H17NO5S. The summed E-state index contributed by atoms with van der Waals surface area (Å²) in [6, 6.07) is 2.95. The monoisotopic (exact) mass is 323 g/mol. The molecule has 0 spiro atoms. The van der Waals surface area contributed by atoms with Crippen LogP contribution in [-0.2, 0) is 4.79 Å². The number of carbonyl (C=O) groups excluding carboxylic acids is 2. The molecule has 6 nitrogen and oxygen atoms in total. The van der Waals surface area contributed by atoms with Crippen molar-refractivity contribution in [1.29, 1.82) is 0 Å². The second-order valence-corrected chi connectivity index (χ2v) is 5.91. The molecule has 0 saturated carbocycles. The van der Waals surface area contributed by atoms with Crippen LogP contribution in [0.3, 0.4) is 0 Å². The highest BCUT2D eigenvalue weighted by molar-refractivity contribution is 8.18. The van der Waals surface area contributed by atoms with Gasteiger partial charge in [-0.25, -0.2) is 0 Å². The van der Waals surface area contributed by atoms with Gasteiger partial charge in [0.05, 0.1) is 19.1 Å². The van der Waals surface area contributed by atoms with Gasteiger partial charge in [-0.3, -0.25) is 14.5 Å². The maximum Gasteiger partial charge on any atom is 0.293 e. The van der Waals surface area contributed by atoms with E-state index >= 15 is 0 Å². The largest absolute Gasteiger partial charge is 0.502 e. The number of methoxy groups -OCH3 is 2. The van der Waals surface area contributed by atoms with Crippen LogP contribution in [-0.4, -0.2) is 41.4 Å². The molecule has 0 aliphatic carbocycles. The number of thioether (sulfide) groups is 1. The number of amides is 2. The summed E-state index contributed by atoms with van der Waals surface area (Å²) in [7, 11) is 2.84. The van der Waals surface area contributed by atoms with E-state index in [4.69, 9.17) is 9.47 Å². The van der Waals surface area contributed by atoms with E-state index in [1.165, 1.54) is 19.1 Å². The number of benzene rings is 1. The molecule has 1 aliphatic heterocycles. The van der Waals surface area contributed by atoms with Gasteiger partial charge in [0.15, 0.2) is 11.5 Å². The van der Waals surface area contributed by atoms with Crippen LogP contribution in [0.2, 0.25) is 0 Å². The smallest absolute Gasteiger partial charge is 0.293 e. The first kappa shape index (κ1) is 16.2. The predicted molar refractivity (Wildman–Crippen MR) is 84.2 cm³/mol. The summed E-state index contributed by atoms with van der Waals surface area (Å²) < 4.78 is 10.1. The fourth-order valence-corrected chi connectivity index (χ4v) is 3.03. The number of rotatable bonds is 4. The predicted octanol–water partition coefficient (Wildman–Crippen LogP) is 2.85. The normalized spacial score (nSPS) is 16.8. The quantitative estimate of drug-likeness (QED) is 0.859. The topological polar surface area (TPSA) is 76.1 Å². The summed E-state index contributed by atoms with van der Waals surface area (Å²) in [5, 5.41) is 9.59. The number of aromatic hydroxyl groups is 1. The first-order chi connectivity index (χ1) is 10.4. The number of ether oxygens (including phenoxy) is 2. The van der Waals surface area contributed by atoms with Crippen LogP contribution in [0, 0.1) is 0 Å². The van der Waals surface area contributed by atoms with Gasteiger partial charge < -0.3 is 14.6 Å². The average Bonchev–Trinajstić information content (AvgIpc) is 2.74. The molecular weight excluding hydrogens is 306 g/mol. The van der Waals surface area contributed by atoms with E-state index in [9.17, 15) is 14.7 Å². The fraction of sp³-hybridized carbons (Fsp3) is 0.333. The lowest BCUT2D eigenvalue weighted by atomic mass is 10.1. The molecule has 22 heavy (non-hydrogen) atoms. The SMILES string of the molecule is COc1cc(/C=C2\SC(=O)N(C(C)C)C2=O)cc(OC)c1O. The Morgan fingerprint density at radius 1 is 1.18 bits per heavy atom. The molecule has 1 N–H and O–H groups in total. The van der Waals surface area contributed by atoms with Crippen LogP contribution in [0.4, 0.5) is 4.79 Å². The molecule has 0 radical (unpaired) electrons. The molecule has 1 aromatic rings. The summed E-state index contributed by atoms with van der Waals surface area (Å²) in [5.74, 6) is 0.0239. The van der Waals surface area contributed by atoms with Gasteiger partial charge in [0.2, 0.25) is 5.75 Å². The molecule has 0 unspecified atom stereocenters. The Morgan fingerprint density at radius 2 is 1.73 bits per heavy atom. The average molecular weight is 323 g/mol. The molecule has 1 saturated heterocycles. The molecule has 0 bridgehead atoms. The van der Waals surface area contributed by atoms with E-state index in [1.54, 1.807) is 32.1 Å². The van der Waals surface area contributed by atoms with Crippen molar-refractivity contribution in [3.8, 4) is 17.2 Å². The number of imide groups is 1. The van der Waals surface area contributed by atoms with Crippen LogP contribution >= 0.6 is 11.8 Å². The number of carbonyl (C=O) groups is 2. The van der Waals surface area contributed by atoms with Crippen molar-refractivity contribution in [2.24, 2.45) is 0 Å². The van der Waals surface area contributed by atoms with Gasteiger partial charge in [0, 0.05) is 6.04 Å². The molecule has 7 heteroatoms. The van der Waals surface area contributed by atoms with Crippen molar-refractivity contribution in [3.05, 3.63) is 22.6 Å². The third-order valence-corrected chi connectivity index (χ3v) is 4.02. The Kier molecular flexibility index (Phi) is 4.65.